The molecule has 162 valence electrons. The van der Waals surface area contributed by atoms with Gasteiger partial charge < -0.3 is 19.5 Å². The van der Waals surface area contributed by atoms with Crippen LogP contribution in [0.25, 0.3) is 0 Å². The number of rotatable bonds is 3. The zero-order valence-electron chi connectivity index (χ0n) is 17.5. The lowest BCUT2D eigenvalue weighted by atomic mass is 9.68. The van der Waals surface area contributed by atoms with Crippen LogP contribution in [0.5, 0.6) is 11.5 Å². The van der Waals surface area contributed by atoms with E-state index in [1.807, 2.05) is 4.90 Å². The largest absolute Gasteiger partial charge is 0.504 e. The summed E-state index contributed by atoms with van der Waals surface area (Å²) in [6.07, 6.45) is 6.64. The van der Waals surface area contributed by atoms with E-state index in [9.17, 15) is 14.7 Å². The van der Waals surface area contributed by atoms with Crippen molar-refractivity contribution in [3.8, 4) is 11.5 Å². The lowest BCUT2D eigenvalue weighted by Crippen LogP contribution is -2.71. The molecule has 4 fully saturated rings. The van der Waals surface area contributed by atoms with E-state index in [-0.39, 0.29) is 23.1 Å². The molecule has 2 bridgehead atoms. The number of nitrogens with zero attached hydrogens (tertiary/aromatic N) is 2. The number of phenols is 1. The van der Waals surface area contributed by atoms with Crippen LogP contribution in [0.4, 0.5) is 0 Å². The standard InChI is InChI=1S/C23H30N2O5/c1-29-20-8-7-15(12-19(20)26)22(28)30-23-9-4-6-21(27)25(23)13-16-11-17(23)14-24-10-3-2-5-18(16)24/h7-8,12,16-18,26H,2-6,9-11,13-14H2,1H3/t16-,17+,18+,23+/m0/s1. The number of carbonyl (C=O) groups is 2. The molecule has 4 aliphatic rings. The molecule has 30 heavy (non-hydrogen) atoms. The minimum atomic E-state index is -0.874. The molecular weight excluding hydrogens is 384 g/mol. The Morgan fingerprint density at radius 3 is 2.90 bits per heavy atom. The fourth-order valence-corrected chi connectivity index (χ4v) is 6.30. The second kappa shape index (κ2) is 7.45. The van der Waals surface area contributed by atoms with E-state index in [0.29, 0.717) is 37.1 Å². The number of carbonyl (C=O) groups excluding carboxylic acids is 2. The Morgan fingerprint density at radius 2 is 2.10 bits per heavy atom. The Bertz CT molecular complexity index is 858. The molecule has 7 heteroatoms. The first-order chi connectivity index (χ1) is 14.5. The van der Waals surface area contributed by atoms with E-state index in [2.05, 4.69) is 4.90 Å². The molecule has 1 aromatic carbocycles. The van der Waals surface area contributed by atoms with Crippen LogP contribution >= 0.6 is 0 Å². The van der Waals surface area contributed by atoms with Gasteiger partial charge >= 0.3 is 5.97 Å². The molecule has 0 aliphatic carbocycles. The molecule has 5 rings (SSSR count). The number of amides is 1. The molecule has 0 saturated carbocycles. The molecule has 4 heterocycles. The molecule has 4 atom stereocenters. The first kappa shape index (κ1) is 19.7. The van der Waals surface area contributed by atoms with Gasteiger partial charge in [-0.25, -0.2) is 4.79 Å². The normalized spacial score (nSPS) is 33.4. The van der Waals surface area contributed by atoms with Gasteiger partial charge in [-0.1, -0.05) is 6.42 Å². The van der Waals surface area contributed by atoms with Gasteiger partial charge in [-0.15, -0.1) is 0 Å². The van der Waals surface area contributed by atoms with Gasteiger partial charge in [0.05, 0.1) is 12.7 Å². The van der Waals surface area contributed by atoms with Crippen molar-refractivity contribution >= 4 is 11.9 Å². The highest BCUT2D eigenvalue weighted by atomic mass is 16.6. The molecule has 0 spiro atoms. The predicted octanol–water partition coefficient (Wildman–Crippen LogP) is 2.77. The lowest BCUT2D eigenvalue weighted by molar-refractivity contribution is -0.226. The maximum Gasteiger partial charge on any atom is 0.340 e. The first-order valence-electron chi connectivity index (χ1n) is 11.2. The zero-order valence-corrected chi connectivity index (χ0v) is 17.5. The number of piperidine rings is 4. The first-order valence-corrected chi connectivity index (χ1v) is 11.2. The van der Waals surface area contributed by atoms with Gasteiger partial charge in [0.25, 0.3) is 0 Å². The second-order valence-corrected chi connectivity index (χ2v) is 9.23. The summed E-state index contributed by atoms with van der Waals surface area (Å²) in [6.45, 7) is 2.66. The molecule has 1 aromatic rings. The van der Waals surface area contributed by atoms with Crippen LogP contribution in [-0.4, -0.2) is 65.3 Å². The van der Waals surface area contributed by atoms with E-state index >= 15 is 0 Å². The summed E-state index contributed by atoms with van der Waals surface area (Å²) in [5.74, 6) is 0.410. The van der Waals surface area contributed by atoms with E-state index in [1.54, 1.807) is 12.1 Å². The summed E-state index contributed by atoms with van der Waals surface area (Å²) in [6, 6.07) is 5.08. The van der Waals surface area contributed by atoms with Gasteiger partial charge in [0.15, 0.2) is 17.2 Å². The molecule has 1 amide bonds. The minimum Gasteiger partial charge on any atom is -0.504 e. The number of esters is 1. The highest BCUT2D eigenvalue weighted by molar-refractivity contribution is 5.91. The van der Waals surface area contributed by atoms with Crippen molar-refractivity contribution in [2.45, 2.75) is 56.7 Å². The third-order valence-corrected chi connectivity index (χ3v) is 7.67. The van der Waals surface area contributed by atoms with Crippen LogP contribution < -0.4 is 4.74 Å². The second-order valence-electron chi connectivity index (χ2n) is 9.23. The van der Waals surface area contributed by atoms with Crippen molar-refractivity contribution in [2.75, 3.05) is 26.7 Å². The number of ether oxygens (including phenoxy) is 2. The third-order valence-electron chi connectivity index (χ3n) is 7.67. The Balaban J connectivity index is 1.45. The topological polar surface area (TPSA) is 79.3 Å². The Hall–Kier alpha value is -2.28. The summed E-state index contributed by atoms with van der Waals surface area (Å²) in [7, 11) is 1.47. The van der Waals surface area contributed by atoms with E-state index < -0.39 is 11.7 Å². The Kier molecular flexibility index (Phi) is 4.88. The highest BCUT2D eigenvalue weighted by Crippen LogP contribution is 2.49. The highest BCUT2D eigenvalue weighted by Gasteiger charge is 2.59. The van der Waals surface area contributed by atoms with Gasteiger partial charge in [-0.05, 0) is 56.3 Å². The van der Waals surface area contributed by atoms with Crippen LogP contribution in [0, 0.1) is 11.8 Å². The molecule has 4 saturated heterocycles. The van der Waals surface area contributed by atoms with Crippen LogP contribution in [0.15, 0.2) is 18.2 Å². The molecule has 0 unspecified atom stereocenters. The smallest absolute Gasteiger partial charge is 0.340 e. The maximum absolute atomic E-state index is 13.1. The van der Waals surface area contributed by atoms with Gasteiger partial charge in [0.2, 0.25) is 5.91 Å². The number of methoxy groups -OCH3 is 1. The molecule has 4 aliphatic heterocycles. The number of phenolic OH excluding ortho intramolecular Hbond substituents is 1. The summed E-state index contributed by atoms with van der Waals surface area (Å²) in [5.41, 5.74) is -0.602. The Morgan fingerprint density at radius 1 is 1.23 bits per heavy atom. The SMILES string of the molecule is COc1ccc(C(=O)O[C@@]23CCCC(=O)N2C[C@@H]2C[C@@H]3CN3CCCC[C@H]23)cc1O. The number of aromatic hydroxyl groups is 1. The molecule has 0 aromatic heterocycles. The molecule has 1 N–H and O–H groups in total. The van der Waals surface area contributed by atoms with Crippen LogP contribution in [0.3, 0.4) is 0 Å². The van der Waals surface area contributed by atoms with Crippen molar-refractivity contribution in [3.05, 3.63) is 23.8 Å². The maximum atomic E-state index is 13.1. The monoisotopic (exact) mass is 414 g/mol. The average molecular weight is 415 g/mol. The molecular formula is C23H30N2O5. The summed E-state index contributed by atoms with van der Waals surface area (Å²) in [5, 5.41) is 10.1. The third kappa shape index (κ3) is 3.06. The van der Waals surface area contributed by atoms with Crippen molar-refractivity contribution in [2.24, 2.45) is 11.8 Å². The van der Waals surface area contributed by atoms with Crippen molar-refractivity contribution in [1.29, 1.82) is 0 Å². The lowest BCUT2D eigenvalue weighted by Gasteiger charge is -2.61. The predicted molar refractivity (Wildman–Crippen MR) is 109 cm³/mol. The van der Waals surface area contributed by atoms with Gasteiger partial charge in [-0.2, -0.15) is 0 Å². The summed E-state index contributed by atoms with van der Waals surface area (Å²) in [4.78, 5) is 30.6. The average Bonchev–Trinajstić information content (AvgIpc) is 2.75. The molecule has 7 nitrogen and oxygen atoms in total. The van der Waals surface area contributed by atoms with Crippen LogP contribution in [0.1, 0.15) is 55.3 Å². The van der Waals surface area contributed by atoms with Crippen LogP contribution in [0.2, 0.25) is 0 Å². The number of hydrogen-bond donors (Lipinski definition) is 1. The van der Waals surface area contributed by atoms with Gasteiger partial charge in [-0.3, -0.25) is 9.69 Å². The van der Waals surface area contributed by atoms with E-state index in [4.69, 9.17) is 9.47 Å². The summed E-state index contributed by atoms with van der Waals surface area (Å²) < 4.78 is 11.3. The Labute approximate surface area is 176 Å². The number of fused-ring (bicyclic) bond motifs is 6. The van der Waals surface area contributed by atoms with E-state index in [1.165, 1.54) is 32.4 Å². The number of hydrogen-bond acceptors (Lipinski definition) is 6. The minimum absolute atomic E-state index is 0.0986. The van der Waals surface area contributed by atoms with Crippen molar-refractivity contribution < 1.29 is 24.2 Å². The fourth-order valence-electron chi connectivity index (χ4n) is 6.30. The fraction of sp³-hybridized carbons (Fsp3) is 0.652. The number of benzene rings is 1. The molecule has 0 radical (unpaired) electrons. The van der Waals surface area contributed by atoms with Gasteiger partial charge in [0.1, 0.15) is 0 Å². The zero-order chi connectivity index (χ0) is 20.9. The summed E-state index contributed by atoms with van der Waals surface area (Å²) >= 11 is 0. The van der Waals surface area contributed by atoms with Gasteiger partial charge in [0, 0.05) is 37.9 Å². The van der Waals surface area contributed by atoms with Crippen molar-refractivity contribution in [3.63, 3.8) is 0 Å². The van der Waals surface area contributed by atoms with E-state index in [0.717, 1.165) is 25.9 Å². The quantitative estimate of drug-likeness (QED) is 0.767. The van der Waals surface area contributed by atoms with Crippen molar-refractivity contribution in [1.82, 2.24) is 9.80 Å². The van der Waals surface area contributed by atoms with Crippen LogP contribution in [-0.2, 0) is 9.53 Å².